The highest BCUT2D eigenvalue weighted by Gasteiger charge is 2.33. The van der Waals surface area contributed by atoms with Gasteiger partial charge in [-0.2, -0.15) is 4.58 Å². The maximum Gasteiger partial charge on any atom is 0.380 e. The molecule has 0 fully saturated rings. The van der Waals surface area contributed by atoms with E-state index in [1.54, 1.807) is 42.8 Å². The first-order chi connectivity index (χ1) is 11.6. The second-order valence-corrected chi connectivity index (χ2v) is 5.16. The number of esters is 1. The van der Waals surface area contributed by atoms with Gasteiger partial charge in [0.05, 0.1) is 6.61 Å². The molecule has 0 aromatic heterocycles. The molecule has 1 atom stereocenters. The lowest BCUT2D eigenvalue weighted by Crippen LogP contribution is -2.25. The molecule has 5 nitrogen and oxygen atoms in total. The molecule has 1 N–H and O–H groups in total. The summed E-state index contributed by atoms with van der Waals surface area (Å²) in [5.74, 6) is -0.582. The van der Waals surface area contributed by atoms with E-state index in [-0.39, 0.29) is 18.5 Å². The Hall–Kier alpha value is -2.95. The lowest BCUT2D eigenvalue weighted by molar-refractivity contribution is -0.471. The van der Waals surface area contributed by atoms with Gasteiger partial charge in [0.2, 0.25) is 5.69 Å². The third-order valence-electron chi connectivity index (χ3n) is 3.60. The van der Waals surface area contributed by atoms with Crippen LogP contribution < -0.4 is 5.32 Å². The molecule has 1 unspecified atom stereocenters. The predicted octanol–water partition coefficient (Wildman–Crippen LogP) is 2.70. The fourth-order valence-corrected chi connectivity index (χ4v) is 2.42. The normalized spacial score (nSPS) is 11.4. The Morgan fingerprint density at radius 3 is 2.50 bits per heavy atom. The number of hydrogen-bond donors (Lipinski definition) is 1. The molecular weight excluding hydrogens is 304 g/mol. The second-order valence-electron chi connectivity index (χ2n) is 5.16. The molecule has 0 bridgehead atoms. The maximum absolute atomic E-state index is 12.5. The van der Waals surface area contributed by atoms with Crippen molar-refractivity contribution in [3.8, 4) is 0 Å². The summed E-state index contributed by atoms with van der Waals surface area (Å²) in [5, 5.41) is 2.58. The van der Waals surface area contributed by atoms with Crippen molar-refractivity contribution in [2.24, 2.45) is 0 Å². The first kappa shape index (κ1) is 17.4. The van der Waals surface area contributed by atoms with Crippen molar-refractivity contribution >= 4 is 24.3 Å². The summed E-state index contributed by atoms with van der Waals surface area (Å²) in [6, 6.07) is 15.6. The van der Waals surface area contributed by atoms with E-state index in [9.17, 15) is 9.59 Å². The standard InChI is InChI=1S/C19H20N2O3/c1-4-24-19(23)17(14-9-6-5-7-10-14)21(3)16-12-8-11-15(13-16)18(22)20-2/h5-13,17H,3-4H2,1-2H3/p+1. The van der Waals surface area contributed by atoms with Gasteiger partial charge >= 0.3 is 5.97 Å². The lowest BCUT2D eigenvalue weighted by atomic mass is 10.1. The fraction of sp³-hybridized carbons (Fsp3) is 0.211. The maximum atomic E-state index is 12.5. The Balaban J connectivity index is 2.41. The number of hydrogen-bond acceptors (Lipinski definition) is 3. The molecule has 0 aliphatic heterocycles. The molecule has 124 valence electrons. The summed E-state index contributed by atoms with van der Waals surface area (Å²) in [7, 11) is 1.57. The smallest absolute Gasteiger partial charge is 0.380 e. The van der Waals surface area contributed by atoms with Crippen molar-refractivity contribution in [3.05, 3.63) is 65.7 Å². The first-order valence-electron chi connectivity index (χ1n) is 7.72. The second kappa shape index (κ2) is 8.06. The van der Waals surface area contributed by atoms with E-state index in [0.29, 0.717) is 11.3 Å². The zero-order chi connectivity index (χ0) is 17.5. The van der Waals surface area contributed by atoms with Gasteiger partial charge in [-0.25, -0.2) is 4.79 Å². The monoisotopic (exact) mass is 325 g/mol. The van der Waals surface area contributed by atoms with E-state index in [2.05, 4.69) is 12.0 Å². The number of ether oxygens (including phenoxy) is 1. The molecule has 0 spiro atoms. The molecule has 2 rings (SSSR count). The molecule has 2 aromatic carbocycles. The van der Waals surface area contributed by atoms with Crippen LogP contribution in [0.3, 0.4) is 0 Å². The molecule has 24 heavy (non-hydrogen) atoms. The van der Waals surface area contributed by atoms with Crippen molar-refractivity contribution in [2.75, 3.05) is 13.7 Å². The van der Waals surface area contributed by atoms with E-state index in [4.69, 9.17) is 4.74 Å². The van der Waals surface area contributed by atoms with Crippen molar-refractivity contribution in [3.63, 3.8) is 0 Å². The zero-order valence-corrected chi connectivity index (χ0v) is 13.9. The summed E-state index contributed by atoms with van der Waals surface area (Å²) in [6.45, 7) is 6.06. The molecular formula is C19H21N2O3+. The molecule has 2 aromatic rings. The van der Waals surface area contributed by atoms with Gasteiger partial charge in [0.15, 0.2) is 0 Å². The number of amides is 1. The minimum Gasteiger partial charge on any atom is -0.461 e. The van der Waals surface area contributed by atoms with Crippen LogP contribution in [0.25, 0.3) is 0 Å². The van der Waals surface area contributed by atoms with Crippen LogP contribution in [-0.2, 0) is 9.53 Å². The predicted molar refractivity (Wildman–Crippen MR) is 92.7 cm³/mol. The molecule has 0 heterocycles. The SMILES string of the molecule is C=[N+](c1cccc(C(=O)NC)c1)C(C(=O)OCC)c1ccccc1. The van der Waals surface area contributed by atoms with Gasteiger partial charge in [-0.1, -0.05) is 36.4 Å². The van der Waals surface area contributed by atoms with Crippen LogP contribution in [-0.4, -0.2) is 36.8 Å². The summed E-state index contributed by atoms with van der Waals surface area (Å²) in [4.78, 5) is 24.3. The van der Waals surface area contributed by atoms with Gasteiger partial charge in [-0.3, -0.25) is 4.79 Å². The summed E-state index contributed by atoms with van der Waals surface area (Å²) < 4.78 is 6.77. The Bertz CT molecular complexity index is 741. The van der Waals surface area contributed by atoms with E-state index < -0.39 is 6.04 Å². The van der Waals surface area contributed by atoms with Crippen LogP contribution in [0.15, 0.2) is 54.6 Å². The van der Waals surface area contributed by atoms with E-state index in [0.717, 1.165) is 5.56 Å². The molecule has 0 saturated heterocycles. The van der Waals surface area contributed by atoms with Crippen LogP contribution in [0, 0.1) is 0 Å². The van der Waals surface area contributed by atoms with Crippen molar-refractivity contribution < 1.29 is 18.9 Å². The highest BCUT2D eigenvalue weighted by molar-refractivity contribution is 5.94. The van der Waals surface area contributed by atoms with Gasteiger partial charge < -0.3 is 10.1 Å². The summed E-state index contributed by atoms with van der Waals surface area (Å²) >= 11 is 0. The van der Waals surface area contributed by atoms with E-state index in [1.807, 2.05) is 30.3 Å². The highest BCUT2D eigenvalue weighted by Crippen LogP contribution is 2.26. The quantitative estimate of drug-likeness (QED) is 0.505. The van der Waals surface area contributed by atoms with Crippen molar-refractivity contribution in [2.45, 2.75) is 13.0 Å². The van der Waals surface area contributed by atoms with Crippen LogP contribution >= 0.6 is 0 Å². The zero-order valence-electron chi connectivity index (χ0n) is 13.9. The van der Waals surface area contributed by atoms with Crippen LogP contribution in [0.1, 0.15) is 28.9 Å². The molecule has 1 amide bonds. The molecule has 0 saturated carbocycles. The van der Waals surface area contributed by atoms with Gasteiger partial charge in [-0.05, 0) is 13.0 Å². The number of nitrogens with zero attached hydrogens (tertiary/aromatic N) is 1. The van der Waals surface area contributed by atoms with Crippen LogP contribution in [0.4, 0.5) is 5.69 Å². The third kappa shape index (κ3) is 3.87. The first-order valence-corrected chi connectivity index (χ1v) is 7.72. The molecule has 0 aliphatic rings. The Morgan fingerprint density at radius 2 is 1.88 bits per heavy atom. The largest absolute Gasteiger partial charge is 0.461 e. The Labute approximate surface area is 141 Å². The number of carbonyl (C=O) groups is 2. The van der Waals surface area contributed by atoms with E-state index >= 15 is 0 Å². The molecule has 0 radical (unpaired) electrons. The Kier molecular flexibility index (Phi) is 5.84. The summed E-state index contributed by atoms with van der Waals surface area (Å²) in [5.41, 5.74) is 1.92. The van der Waals surface area contributed by atoms with Crippen molar-refractivity contribution in [1.29, 1.82) is 0 Å². The van der Waals surface area contributed by atoms with Gasteiger partial charge in [-0.15, -0.1) is 0 Å². The number of benzene rings is 2. The van der Waals surface area contributed by atoms with Gasteiger partial charge in [0.25, 0.3) is 11.9 Å². The molecule has 5 heteroatoms. The van der Waals surface area contributed by atoms with Crippen LogP contribution in [0.2, 0.25) is 0 Å². The minimum atomic E-state index is -0.689. The van der Waals surface area contributed by atoms with Crippen molar-refractivity contribution in [1.82, 2.24) is 5.32 Å². The fourth-order valence-electron chi connectivity index (χ4n) is 2.42. The van der Waals surface area contributed by atoms with E-state index in [1.165, 1.54) is 0 Å². The number of rotatable bonds is 6. The number of carbonyl (C=O) groups excluding carboxylic acids is 2. The average molecular weight is 325 g/mol. The topological polar surface area (TPSA) is 58.4 Å². The average Bonchev–Trinajstić information content (AvgIpc) is 2.62. The summed E-state index contributed by atoms with van der Waals surface area (Å²) in [6.07, 6.45) is 0. The lowest BCUT2D eigenvalue weighted by Gasteiger charge is -2.14. The minimum absolute atomic E-state index is 0.197. The highest BCUT2D eigenvalue weighted by atomic mass is 16.5. The number of nitrogens with one attached hydrogen (secondary N) is 1. The van der Waals surface area contributed by atoms with Crippen LogP contribution in [0.5, 0.6) is 0 Å². The van der Waals surface area contributed by atoms with Gasteiger partial charge in [0, 0.05) is 30.3 Å². The van der Waals surface area contributed by atoms with Gasteiger partial charge in [0.1, 0.15) is 6.72 Å². The Morgan fingerprint density at radius 1 is 1.17 bits per heavy atom. The molecule has 0 aliphatic carbocycles. The third-order valence-corrected chi connectivity index (χ3v) is 3.60.